The van der Waals surface area contributed by atoms with Crippen molar-refractivity contribution in [1.29, 1.82) is 0 Å². The van der Waals surface area contributed by atoms with Gasteiger partial charge >= 0.3 is 0 Å². The predicted octanol–water partition coefficient (Wildman–Crippen LogP) is 1.99. The third kappa shape index (κ3) is 2.12. The molecule has 2 unspecified atom stereocenters. The molecule has 1 saturated heterocycles. The highest BCUT2D eigenvalue weighted by atomic mass is 15.2. The molecule has 2 nitrogen and oxygen atoms in total. The lowest BCUT2D eigenvalue weighted by molar-refractivity contribution is 0.124. The maximum absolute atomic E-state index is 5.98. The molecule has 0 radical (unpaired) electrons. The minimum Gasteiger partial charge on any atom is -0.326 e. The zero-order valence-corrected chi connectivity index (χ0v) is 9.41. The molecule has 2 rings (SSSR count). The summed E-state index contributed by atoms with van der Waals surface area (Å²) < 4.78 is 0. The first-order chi connectivity index (χ1) is 6.81. The van der Waals surface area contributed by atoms with E-state index in [1.54, 1.807) is 0 Å². The van der Waals surface area contributed by atoms with Crippen molar-refractivity contribution in [3.05, 3.63) is 0 Å². The fourth-order valence-corrected chi connectivity index (χ4v) is 3.26. The SMILES string of the molecule is CCC1CCCCC1N1CC[C@H](N)C1. The Hall–Kier alpha value is -0.0800. The van der Waals surface area contributed by atoms with E-state index >= 15 is 0 Å². The summed E-state index contributed by atoms with van der Waals surface area (Å²) in [5, 5.41) is 0. The normalized spacial score (nSPS) is 40.3. The predicted molar refractivity (Wildman–Crippen MR) is 60.2 cm³/mol. The van der Waals surface area contributed by atoms with Gasteiger partial charge in [-0.1, -0.05) is 26.2 Å². The lowest BCUT2D eigenvalue weighted by Gasteiger charge is -2.37. The molecule has 2 fully saturated rings. The van der Waals surface area contributed by atoms with E-state index in [0.29, 0.717) is 6.04 Å². The minimum absolute atomic E-state index is 0.453. The average Bonchev–Trinajstić information content (AvgIpc) is 2.65. The van der Waals surface area contributed by atoms with Gasteiger partial charge in [-0.3, -0.25) is 4.90 Å². The highest BCUT2D eigenvalue weighted by molar-refractivity contribution is 4.88. The fourth-order valence-electron chi connectivity index (χ4n) is 3.26. The van der Waals surface area contributed by atoms with Gasteiger partial charge in [0.15, 0.2) is 0 Å². The summed E-state index contributed by atoms with van der Waals surface area (Å²) >= 11 is 0. The van der Waals surface area contributed by atoms with Gasteiger partial charge in [0.1, 0.15) is 0 Å². The van der Waals surface area contributed by atoms with E-state index in [1.165, 1.54) is 45.1 Å². The number of nitrogens with two attached hydrogens (primary N) is 1. The van der Waals surface area contributed by atoms with Crippen LogP contribution in [-0.4, -0.2) is 30.1 Å². The van der Waals surface area contributed by atoms with Gasteiger partial charge in [0.2, 0.25) is 0 Å². The smallest absolute Gasteiger partial charge is 0.0180 e. The molecule has 14 heavy (non-hydrogen) atoms. The van der Waals surface area contributed by atoms with Crippen LogP contribution >= 0.6 is 0 Å². The zero-order chi connectivity index (χ0) is 9.97. The summed E-state index contributed by atoms with van der Waals surface area (Å²) in [6, 6.07) is 1.32. The maximum Gasteiger partial charge on any atom is 0.0180 e. The molecule has 0 aromatic rings. The van der Waals surface area contributed by atoms with Crippen molar-refractivity contribution in [3.8, 4) is 0 Å². The molecule has 3 atom stereocenters. The first-order valence-corrected chi connectivity index (χ1v) is 6.31. The number of nitrogens with zero attached hydrogens (tertiary/aromatic N) is 1. The van der Waals surface area contributed by atoms with E-state index < -0.39 is 0 Å². The first-order valence-electron chi connectivity index (χ1n) is 6.31. The van der Waals surface area contributed by atoms with Crippen molar-refractivity contribution in [3.63, 3.8) is 0 Å². The second kappa shape index (κ2) is 4.63. The number of hydrogen-bond donors (Lipinski definition) is 1. The monoisotopic (exact) mass is 196 g/mol. The highest BCUT2D eigenvalue weighted by Crippen LogP contribution is 2.32. The summed E-state index contributed by atoms with van der Waals surface area (Å²) in [5.41, 5.74) is 5.98. The lowest BCUT2D eigenvalue weighted by atomic mass is 9.82. The van der Waals surface area contributed by atoms with Crippen LogP contribution in [-0.2, 0) is 0 Å². The van der Waals surface area contributed by atoms with Crippen molar-refractivity contribution in [2.45, 2.75) is 57.5 Å². The molecule has 0 aromatic carbocycles. The summed E-state index contributed by atoms with van der Waals surface area (Å²) in [5.74, 6) is 0.953. The van der Waals surface area contributed by atoms with E-state index in [9.17, 15) is 0 Å². The number of likely N-dealkylation sites (tertiary alicyclic amines) is 1. The zero-order valence-electron chi connectivity index (χ0n) is 9.41. The van der Waals surface area contributed by atoms with E-state index in [0.717, 1.165) is 18.5 Å². The van der Waals surface area contributed by atoms with E-state index in [2.05, 4.69) is 11.8 Å². The standard InChI is InChI=1S/C12H24N2/c1-2-10-5-3-4-6-12(10)14-8-7-11(13)9-14/h10-12H,2-9,13H2,1H3/t10?,11-,12?/m0/s1. The van der Waals surface area contributed by atoms with Gasteiger partial charge in [0.05, 0.1) is 0 Å². The second-order valence-electron chi connectivity index (χ2n) is 5.06. The van der Waals surface area contributed by atoms with Gasteiger partial charge < -0.3 is 5.73 Å². The Bertz CT molecular complexity index is 181. The van der Waals surface area contributed by atoms with Crippen LogP contribution in [0.2, 0.25) is 0 Å². The molecule has 0 aromatic heterocycles. The first kappa shape index (κ1) is 10.4. The van der Waals surface area contributed by atoms with Crippen LogP contribution in [0, 0.1) is 5.92 Å². The fraction of sp³-hybridized carbons (Fsp3) is 1.00. The second-order valence-corrected chi connectivity index (χ2v) is 5.06. The molecular weight excluding hydrogens is 172 g/mol. The average molecular weight is 196 g/mol. The van der Waals surface area contributed by atoms with Gasteiger partial charge in [-0.15, -0.1) is 0 Å². The third-order valence-corrected chi connectivity index (χ3v) is 4.12. The van der Waals surface area contributed by atoms with Gasteiger partial charge in [-0.25, -0.2) is 0 Å². The van der Waals surface area contributed by atoms with Crippen molar-refractivity contribution >= 4 is 0 Å². The van der Waals surface area contributed by atoms with Crippen LogP contribution < -0.4 is 5.73 Å². The quantitative estimate of drug-likeness (QED) is 0.732. The van der Waals surface area contributed by atoms with Gasteiger partial charge in [0, 0.05) is 25.2 Å². The van der Waals surface area contributed by atoms with Crippen LogP contribution in [0.1, 0.15) is 45.4 Å². The van der Waals surface area contributed by atoms with Crippen LogP contribution in [0.3, 0.4) is 0 Å². The molecule has 2 N–H and O–H groups in total. The third-order valence-electron chi connectivity index (χ3n) is 4.12. The summed E-state index contributed by atoms with van der Waals surface area (Å²) in [6.07, 6.45) is 8.34. The molecule has 0 spiro atoms. The lowest BCUT2D eigenvalue weighted by Crippen LogP contribution is -2.42. The van der Waals surface area contributed by atoms with Crippen molar-refractivity contribution in [2.75, 3.05) is 13.1 Å². The Kier molecular flexibility index (Phi) is 3.45. The van der Waals surface area contributed by atoms with Crippen LogP contribution in [0.5, 0.6) is 0 Å². The molecule has 1 heterocycles. The van der Waals surface area contributed by atoms with Crippen LogP contribution in [0.4, 0.5) is 0 Å². The van der Waals surface area contributed by atoms with Gasteiger partial charge in [-0.05, 0) is 25.2 Å². The van der Waals surface area contributed by atoms with Gasteiger partial charge in [0.25, 0.3) is 0 Å². The molecule has 0 bridgehead atoms. The Morgan fingerprint density at radius 3 is 2.64 bits per heavy atom. The molecule has 2 heteroatoms. The molecule has 0 amide bonds. The largest absolute Gasteiger partial charge is 0.326 e. The Morgan fingerprint density at radius 2 is 2.00 bits per heavy atom. The topological polar surface area (TPSA) is 29.3 Å². The molecule has 1 aliphatic heterocycles. The Labute approximate surface area is 87.8 Å². The maximum atomic E-state index is 5.98. The molecular formula is C12H24N2. The van der Waals surface area contributed by atoms with E-state index in [4.69, 9.17) is 5.73 Å². The molecule has 82 valence electrons. The Morgan fingerprint density at radius 1 is 1.21 bits per heavy atom. The Balaban J connectivity index is 1.93. The van der Waals surface area contributed by atoms with Crippen molar-refractivity contribution in [1.82, 2.24) is 4.90 Å². The number of rotatable bonds is 2. The number of hydrogen-bond acceptors (Lipinski definition) is 2. The van der Waals surface area contributed by atoms with Crippen LogP contribution in [0.15, 0.2) is 0 Å². The summed E-state index contributed by atoms with van der Waals surface area (Å²) in [4.78, 5) is 2.66. The van der Waals surface area contributed by atoms with E-state index in [1.807, 2.05) is 0 Å². The van der Waals surface area contributed by atoms with E-state index in [-0.39, 0.29) is 0 Å². The van der Waals surface area contributed by atoms with Crippen molar-refractivity contribution < 1.29 is 0 Å². The summed E-state index contributed by atoms with van der Waals surface area (Å²) in [7, 11) is 0. The summed E-state index contributed by atoms with van der Waals surface area (Å²) in [6.45, 7) is 4.75. The molecule has 2 aliphatic rings. The van der Waals surface area contributed by atoms with Gasteiger partial charge in [-0.2, -0.15) is 0 Å². The highest BCUT2D eigenvalue weighted by Gasteiger charge is 2.32. The molecule has 1 aliphatic carbocycles. The molecule has 1 saturated carbocycles. The van der Waals surface area contributed by atoms with Crippen LogP contribution in [0.25, 0.3) is 0 Å². The minimum atomic E-state index is 0.453. The van der Waals surface area contributed by atoms with Crippen molar-refractivity contribution in [2.24, 2.45) is 11.7 Å².